The van der Waals surface area contributed by atoms with E-state index in [9.17, 15) is 0 Å². The zero-order valence-corrected chi connectivity index (χ0v) is 11.1. The molecule has 0 aromatic rings. The summed E-state index contributed by atoms with van der Waals surface area (Å²) < 4.78 is 0. The van der Waals surface area contributed by atoms with E-state index < -0.39 is 0 Å². The van der Waals surface area contributed by atoms with Gasteiger partial charge >= 0.3 is 0 Å². The Bertz CT molecular complexity index is 179. The smallest absolute Gasteiger partial charge is 0.0195 e. The van der Waals surface area contributed by atoms with Gasteiger partial charge in [0.05, 0.1) is 0 Å². The van der Waals surface area contributed by atoms with Crippen molar-refractivity contribution in [3.8, 4) is 0 Å². The first kappa shape index (κ1) is 13.0. The van der Waals surface area contributed by atoms with E-state index >= 15 is 0 Å². The van der Waals surface area contributed by atoms with Crippen molar-refractivity contribution in [1.29, 1.82) is 0 Å². The Hall–Kier alpha value is -0.0800. The van der Waals surface area contributed by atoms with Gasteiger partial charge in [-0.25, -0.2) is 0 Å². The third kappa shape index (κ3) is 3.46. The van der Waals surface area contributed by atoms with Crippen LogP contribution in [-0.4, -0.2) is 37.1 Å². The van der Waals surface area contributed by atoms with Crippen LogP contribution in [0, 0.1) is 11.8 Å². The van der Waals surface area contributed by atoms with Crippen LogP contribution in [0.25, 0.3) is 0 Å². The second-order valence-corrected chi connectivity index (χ2v) is 5.44. The van der Waals surface area contributed by atoms with E-state index in [-0.39, 0.29) is 0 Å². The van der Waals surface area contributed by atoms with Crippen LogP contribution in [0.15, 0.2) is 0 Å². The molecular weight excluding hydrogens is 184 g/mol. The summed E-state index contributed by atoms with van der Waals surface area (Å²) in [5, 5.41) is 3.46. The van der Waals surface area contributed by atoms with E-state index in [1.165, 1.54) is 25.9 Å². The molecule has 0 saturated carbocycles. The molecule has 2 heteroatoms. The molecule has 0 spiro atoms. The van der Waals surface area contributed by atoms with Gasteiger partial charge in [-0.05, 0) is 38.6 Å². The van der Waals surface area contributed by atoms with Gasteiger partial charge in [-0.1, -0.05) is 20.8 Å². The fourth-order valence-corrected chi connectivity index (χ4v) is 2.48. The molecule has 1 N–H and O–H groups in total. The van der Waals surface area contributed by atoms with Crippen molar-refractivity contribution in [3.05, 3.63) is 0 Å². The van der Waals surface area contributed by atoms with Crippen LogP contribution >= 0.6 is 0 Å². The lowest BCUT2D eigenvalue weighted by atomic mass is 9.85. The molecule has 1 fully saturated rings. The zero-order valence-electron chi connectivity index (χ0n) is 11.1. The van der Waals surface area contributed by atoms with Crippen molar-refractivity contribution >= 4 is 0 Å². The molecular formula is C13H28N2. The lowest BCUT2D eigenvalue weighted by molar-refractivity contribution is 0.0852. The molecule has 1 aliphatic heterocycles. The summed E-state index contributed by atoms with van der Waals surface area (Å²) in [6.45, 7) is 11.9. The van der Waals surface area contributed by atoms with Crippen LogP contribution in [0.3, 0.4) is 0 Å². The molecule has 3 unspecified atom stereocenters. The van der Waals surface area contributed by atoms with E-state index in [1.54, 1.807) is 0 Å². The average molecular weight is 212 g/mol. The summed E-state index contributed by atoms with van der Waals surface area (Å²) in [4.78, 5) is 2.66. The summed E-state index contributed by atoms with van der Waals surface area (Å²) in [5.74, 6) is 1.68. The lowest BCUT2D eigenvalue weighted by Crippen LogP contribution is -2.52. The number of likely N-dealkylation sites (N-methyl/N-ethyl adjacent to an activating group) is 1. The van der Waals surface area contributed by atoms with Crippen LogP contribution in [0.4, 0.5) is 0 Å². The minimum Gasteiger partial charge on any atom is -0.316 e. The number of nitrogens with one attached hydrogen (secondary N) is 1. The Kier molecular flexibility index (Phi) is 5.07. The standard InChI is InChI=1S/C13H28N2/c1-6-11(4)15-8-12(10(2)3)7-13(9-15)14-5/h10-14H,6-9H2,1-5H3. The van der Waals surface area contributed by atoms with Crippen molar-refractivity contribution in [1.82, 2.24) is 10.2 Å². The third-order valence-electron chi connectivity index (χ3n) is 4.08. The van der Waals surface area contributed by atoms with Gasteiger partial charge in [0, 0.05) is 25.2 Å². The summed E-state index contributed by atoms with van der Waals surface area (Å²) >= 11 is 0. The number of likely N-dealkylation sites (tertiary alicyclic amines) is 1. The van der Waals surface area contributed by atoms with Crippen molar-refractivity contribution in [2.75, 3.05) is 20.1 Å². The molecule has 3 atom stereocenters. The SMILES string of the molecule is CCC(C)N1CC(NC)CC(C(C)C)C1. The first-order chi connectivity index (χ1) is 7.08. The van der Waals surface area contributed by atoms with Crippen molar-refractivity contribution in [3.63, 3.8) is 0 Å². The van der Waals surface area contributed by atoms with Gasteiger partial charge in [-0.3, -0.25) is 4.90 Å². The Labute approximate surface area is 95.4 Å². The highest BCUT2D eigenvalue weighted by molar-refractivity contribution is 4.85. The van der Waals surface area contributed by atoms with Gasteiger partial charge in [-0.15, -0.1) is 0 Å². The van der Waals surface area contributed by atoms with Crippen LogP contribution in [0.1, 0.15) is 40.5 Å². The summed E-state index contributed by atoms with van der Waals surface area (Å²) in [7, 11) is 2.10. The predicted octanol–water partition coefficient (Wildman–Crippen LogP) is 2.35. The topological polar surface area (TPSA) is 15.3 Å². The maximum absolute atomic E-state index is 3.46. The van der Waals surface area contributed by atoms with E-state index in [0.29, 0.717) is 6.04 Å². The molecule has 0 amide bonds. The fraction of sp³-hybridized carbons (Fsp3) is 1.00. The van der Waals surface area contributed by atoms with Crippen molar-refractivity contribution in [2.24, 2.45) is 11.8 Å². The van der Waals surface area contributed by atoms with Crippen LogP contribution in [0.2, 0.25) is 0 Å². The molecule has 90 valence electrons. The zero-order chi connectivity index (χ0) is 11.4. The van der Waals surface area contributed by atoms with E-state index in [2.05, 4.69) is 45.0 Å². The normalized spacial score (nSPS) is 30.8. The molecule has 1 aliphatic rings. The highest BCUT2D eigenvalue weighted by Gasteiger charge is 2.29. The average Bonchev–Trinajstić information content (AvgIpc) is 2.27. The van der Waals surface area contributed by atoms with Gasteiger partial charge in [0.15, 0.2) is 0 Å². The number of rotatable bonds is 4. The summed E-state index contributed by atoms with van der Waals surface area (Å²) in [6, 6.07) is 1.43. The quantitative estimate of drug-likeness (QED) is 0.769. The minimum absolute atomic E-state index is 0.695. The summed E-state index contributed by atoms with van der Waals surface area (Å²) in [6.07, 6.45) is 2.61. The fourth-order valence-electron chi connectivity index (χ4n) is 2.48. The van der Waals surface area contributed by atoms with Crippen LogP contribution in [0.5, 0.6) is 0 Å². The largest absolute Gasteiger partial charge is 0.316 e. The van der Waals surface area contributed by atoms with E-state index in [1.807, 2.05) is 0 Å². The van der Waals surface area contributed by atoms with E-state index in [4.69, 9.17) is 0 Å². The molecule has 15 heavy (non-hydrogen) atoms. The van der Waals surface area contributed by atoms with Gasteiger partial charge < -0.3 is 5.32 Å². The Morgan fingerprint density at radius 3 is 2.40 bits per heavy atom. The second-order valence-electron chi connectivity index (χ2n) is 5.44. The first-order valence-corrected chi connectivity index (χ1v) is 6.49. The van der Waals surface area contributed by atoms with Crippen molar-refractivity contribution < 1.29 is 0 Å². The summed E-state index contributed by atoms with van der Waals surface area (Å²) in [5.41, 5.74) is 0. The minimum atomic E-state index is 0.695. The Morgan fingerprint density at radius 2 is 1.93 bits per heavy atom. The number of piperidine rings is 1. The molecule has 2 nitrogen and oxygen atoms in total. The van der Waals surface area contributed by atoms with Gasteiger partial charge in [-0.2, -0.15) is 0 Å². The number of nitrogens with zero attached hydrogens (tertiary/aromatic N) is 1. The predicted molar refractivity (Wildman–Crippen MR) is 67.1 cm³/mol. The van der Waals surface area contributed by atoms with E-state index in [0.717, 1.165) is 17.9 Å². The highest BCUT2D eigenvalue weighted by atomic mass is 15.2. The second kappa shape index (κ2) is 5.86. The maximum atomic E-state index is 3.46. The molecule has 0 aromatic carbocycles. The van der Waals surface area contributed by atoms with Gasteiger partial charge in [0.1, 0.15) is 0 Å². The Morgan fingerprint density at radius 1 is 1.27 bits per heavy atom. The Balaban J connectivity index is 2.58. The monoisotopic (exact) mass is 212 g/mol. The highest BCUT2D eigenvalue weighted by Crippen LogP contribution is 2.25. The molecule has 0 aromatic heterocycles. The van der Waals surface area contributed by atoms with Crippen LogP contribution in [-0.2, 0) is 0 Å². The number of hydrogen-bond donors (Lipinski definition) is 1. The van der Waals surface area contributed by atoms with Crippen molar-refractivity contribution in [2.45, 2.75) is 52.6 Å². The molecule has 0 aliphatic carbocycles. The third-order valence-corrected chi connectivity index (χ3v) is 4.08. The van der Waals surface area contributed by atoms with Gasteiger partial charge in [0.2, 0.25) is 0 Å². The number of hydrogen-bond acceptors (Lipinski definition) is 2. The van der Waals surface area contributed by atoms with Crippen LogP contribution < -0.4 is 5.32 Å². The maximum Gasteiger partial charge on any atom is 0.0195 e. The molecule has 1 heterocycles. The molecule has 0 radical (unpaired) electrons. The first-order valence-electron chi connectivity index (χ1n) is 6.49. The molecule has 0 bridgehead atoms. The lowest BCUT2D eigenvalue weighted by Gasteiger charge is -2.42. The molecule has 1 rings (SSSR count). The molecule has 1 saturated heterocycles. The van der Waals surface area contributed by atoms with Gasteiger partial charge in [0.25, 0.3) is 0 Å².